The highest BCUT2D eigenvalue weighted by Crippen LogP contribution is 2.20. The number of hydrogen-bond donors (Lipinski definition) is 0. The molecule has 1 nitrogen and oxygen atoms in total. The Hall–Kier alpha value is -0.850. The number of unbranched alkanes of at least 4 members (excludes halogenated alkanes) is 20. The highest BCUT2D eigenvalue weighted by atomic mass is 15.0. The summed E-state index contributed by atoms with van der Waals surface area (Å²) in [5.74, 6) is 0. The second-order valence-corrected chi connectivity index (χ2v) is 10.6. The van der Waals surface area contributed by atoms with Crippen molar-refractivity contribution in [1.82, 2.24) is 0 Å². The van der Waals surface area contributed by atoms with Gasteiger partial charge in [0.2, 0.25) is 0 Å². The Labute approximate surface area is 209 Å². The van der Waals surface area contributed by atoms with Crippen LogP contribution >= 0.6 is 0 Å². The Balaban J connectivity index is 2.01. The SMILES string of the molecule is CCCCCCCCCCCCCCCCCC(CCCCCCCCC)[n+]1ccccc1. The molecule has 0 bridgehead atoms. The molecule has 1 heteroatoms. The van der Waals surface area contributed by atoms with Crippen LogP contribution < -0.4 is 4.57 Å². The Bertz CT molecular complexity index is 483. The predicted molar refractivity (Wildman–Crippen MR) is 148 cm³/mol. The molecule has 0 spiro atoms. The maximum atomic E-state index is 2.49. The number of aromatic nitrogens is 1. The summed E-state index contributed by atoms with van der Waals surface area (Å²) in [6.07, 6.45) is 39.0. The van der Waals surface area contributed by atoms with Crippen molar-refractivity contribution in [1.29, 1.82) is 0 Å². The van der Waals surface area contributed by atoms with Gasteiger partial charge in [0.1, 0.15) is 0 Å². The summed E-state index contributed by atoms with van der Waals surface area (Å²) in [6.45, 7) is 4.61. The fraction of sp³-hybridized carbons (Fsp3) is 0.844. The van der Waals surface area contributed by atoms with Crippen LogP contribution in [-0.2, 0) is 0 Å². The first-order chi connectivity index (χ1) is 16.4. The highest BCUT2D eigenvalue weighted by molar-refractivity contribution is 4.84. The molecule has 1 aromatic rings. The van der Waals surface area contributed by atoms with E-state index in [9.17, 15) is 0 Å². The van der Waals surface area contributed by atoms with Crippen LogP contribution in [0.4, 0.5) is 0 Å². The average Bonchev–Trinajstić information content (AvgIpc) is 2.85. The molecule has 0 aliphatic rings. The molecule has 0 fully saturated rings. The van der Waals surface area contributed by atoms with E-state index in [1.165, 1.54) is 154 Å². The second-order valence-electron chi connectivity index (χ2n) is 10.6. The third-order valence-electron chi connectivity index (χ3n) is 7.44. The molecule has 1 heterocycles. The van der Waals surface area contributed by atoms with Crippen LogP contribution in [0.3, 0.4) is 0 Å². The van der Waals surface area contributed by atoms with Gasteiger partial charge in [-0.15, -0.1) is 0 Å². The summed E-state index contributed by atoms with van der Waals surface area (Å²) < 4.78 is 2.49. The van der Waals surface area contributed by atoms with Gasteiger partial charge in [-0.05, 0) is 12.8 Å². The Kier molecular flexibility index (Phi) is 22.2. The van der Waals surface area contributed by atoms with Crippen LogP contribution in [0.15, 0.2) is 30.6 Å². The van der Waals surface area contributed by atoms with Crippen molar-refractivity contribution in [2.75, 3.05) is 0 Å². The average molecular weight is 459 g/mol. The van der Waals surface area contributed by atoms with Gasteiger partial charge >= 0.3 is 0 Å². The third kappa shape index (κ3) is 19.2. The molecule has 192 valence electrons. The van der Waals surface area contributed by atoms with Crippen LogP contribution in [0, 0.1) is 0 Å². The summed E-state index contributed by atoms with van der Waals surface area (Å²) in [5, 5.41) is 0. The van der Waals surface area contributed by atoms with Crippen LogP contribution in [0.1, 0.15) is 174 Å². The molecule has 0 amide bonds. The summed E-state index contributed by atoms with van der Waals surface area (Å²) in [4.78, 5) is 0. The molecule has 0 aliphatic heterocycles. The van der Waals surface area contributed by atoms with Crippen LogP contribution in [0.25, 0.3) is 0 Å². The Morgan fingerprint density at radius 3 is 1.03 bits per heavy atom. The first-order valence-corrected chi connectivity index (χ1v) is 15.3. The van der Waals surface area contributed by atoms with Crippen LogP contribution in [-0.4, -0.2) is 0 Å². The number of nitrogens with zero attached hydrogens (tertiary/aromatic N) is 1. The van der Waals surface area contributed by atoms with Crippen molar-refractivity contribution in [3.05, 3.63) is 30.6 Å². The zero-order valence-electron chi connectivity index (χ0n) is 22.9. The molecule has 0 aliphatic carbocycles. The van der Waals surface area contributed by atoms with Crippen molar-refractivity contribution in [2.45, 2.75) is 174 Å². The summed E-state index contributed by atoms with van der Waals surface area (Å²) in [6, 6.07) is 7.26. The minimum absolute atomic E-state index is 0.712. The molecular weight excluding hydrogens is 398 g/mol. The molecule has 0 saturated carbocycles. The van der Waals surface area contributed by atoms with Gasteiger partial charge in [0.25, 0.3) is 0 Å². The minimum Gasteiger partial charge on any atom is -0.202 e. The fourth-order valence-electron chi connectivity index (χ4n) is 5.19. The Morgan fingerprint density at radius 1 is 0.394 bits per heavy atom. The van der Waals surface area contributed by atoms with Gasteiger partial charge in [-0.2, -0.15) is 0 Å². The smallest absolute Gasteiger partial charge is 0.169 e. The molecular formula is C32H60N+. The number of pyridine rings is 1. The predicted octanol–water partition coefficient (Wildman–Crippen LogP) is 10.9. The van der Waals surface area contributed by atoms with Crippen molar-refractivity contribution < 1.29 is 4.57 Å². The van der Waals surface area contributed by atoms with Crippen molar-refractivity contribution >= 4 is 0 Å². The number of rotatable bonds is 25. The van der Waals surface area contributed by atoms with E-state index in [0.29, 0.717) is 6.04 Å². The lowest BCUT2D eigenvalue weighted by Gasteiger charge is -2.13. The van der Waals surface area contributed by atoms with E-state index >= 15 is 0 Å². The Morgan fingerprint density at radius 2 is 0.697 bits per heavy atom. The summed E-state index contributed by atoms with van der Waals surface area (Å²) in [7, 11) is 0. The van der Waals surface area contributed by atoms with E-state index < -0.39 is 0 Å². The second kappa shape index (κ2) is 24.3. The summed E-state index contributed by atoms with van der Waals surface area (Å²) >= 11 is 0. The van der Waals surface area contributed by atoms with E-state index in [0.717, 1.165) is 0 Å². The van der Waals surface area contributed by atoms with Crippen LogP contribution in [0.2, 0.25) is 0 Å². The normalized spacial score (nSPS) is 12.3. The van der Waals surface area contributed by atoms with Gasteiger partial charge < -0.3 is 0 Å². The third-order valence-corrected chi connectivity index (χ3v) is 7.44. The van der Waals surface area contributed by atoms with E-state index in [1.54, 1.807) is 0 Å². The standard InChI is InChI=1S/C32H60N/c1-3-5-7-9-11-12-13-14-15-16-17-18-20-22-25-29-32(33-30-26-23-27-31-33)28-24-21-19-10-8-6-4-2/h23,26-27,30-32H,3-22,24-25,28-29H2,1-2H3/q+1. The van der Waals surface area contributed by atoms with Crippen molar-refractivity contribution in [3.63, 3.8) is 0 Å². The molecule has 1 atom stereocenters. The maximum absolute atomic E-state index is 2.49. The molecule has 0 saturated heterocycles. The first-order valence-electron chi connectivity index (χ1n) is 15.3. The van der Waals surface area contributed by atoms with Gasteiger partial charge in [0, 0.05) is 25.0 Å². The molecule has 0 radical (unpaired) electrons. The molecule has 33 heavy (non-hydrogen) atoms. The lowest BCUT2D eigenvalue weighted by Crippen LogP contribution is -2.38. The highest BCUT2D eigenvalue weighted by Gasteiger charge is 2.16. The molecule has 1 aromatic heterocycles. The summed E-state index contributed by atoms with van der Waals surface area (Å²) in [5.41, 5.74) is 0. The van der Waals surface area contributed by atoms with Crippen molar-refractivity contribution in [2.24, 2.45) is 0 Å². The zero-order chi connectivity index (χ0) is 23.7. The quantitative estimate of drug-likeness (QED) is 0.101. The topological polar surface area (TPSA) is 3.88 Å². The lowest BCUT2D eigenvalue weighted by molar-refractivity contribution is -0.724. The maximum Gasteiger partial charge on any atom is 0.169 e. The van der Waals surface area contributed by atoms with E-state index in [2.05, 4.69) is 49.0 Å². The largest absolute Gasteiger partial charge is 0.202 e. The van der Waals surface area contributed by atoms with E-state index in [4.69, 9.17) is 0 Å². The molecule has 1 unspecified atom stereocenters. The van der Waals surface area contributed by atoms with Gasteiger partial charge in [0.05, 0.1) is 0 Å². The van der Waals surface area contributed by atoms with E-state index in [-0.39, 0.29) is 0 Å². The fourth-order valence-corrected chi connectivity index (χ4v) is 5.19. The number of hydrogen-bond acceptors (Lipinski definition) is 0. The monoisotopic (exact) mass is 458 g/mol. The van der Waals surface area contributed by atoms with Crippen LogP contribution in [0.5, 0.6) is 0 Å². The zero-order valence-corrected chi connectivity index (χ0v) is 22.9. The molecule has 1 rings (SSSR count). The van der Waals surface area contributed by atoms with Crippen molar-refractivity contribution in [3.8, 4) is 0 Å². The van der Waals surface area contributed by atoms with Gasteiger partial charge in [-0.25, -0.2) is 4.57 Å². The van der Waals surface area contributed by atoms with Gasteiger partial charge in [0.15, 0.2) is 18.4 Å². The molecule has 0 N–H and O–H groups in total. The van der Waals surface area contributed by atoms with Gasteiger partial charge in [-0.1, -0.05) is 148 Å². The van der Waals surface area contributed by atoms with Gasteiger partial charge in [-0.3, -0.25) is 0 Å². The first kappa shape index (κ1) is 30.2. The lowest BCUT2D eigenvalue weighted by atomic mass is 9.99. The molecule has 0 aromatic carbocycles. The minimum atomic E-state index is 0.712. The van der Waals surface area contributed by atoms with E-state index in [1.807, 2.05) is 0 Å².